The lowest BCUT2D eigenvalue weighted by Gasteiger charge is -2.43. The minimum absolute atomic E-state index is 0.0660. The van der Waals surface area contributed by atoms with E-state index < -0.39 is 52.9 Å². The molecule has 8 nitrogen and oxygen atoms in total. The van der Waals surface area contributed by atoms with Crippen LogP contribution in [-0.4, -0.2) is 68.7 Å². The number of carbonyl (C=O) groups excluding carboxylic acids is 2. The molecule has 5 rings (SSSR count). The second-order valence-electron chi connectivity index (χ2n) is 12.0. The van der Waals surface area contributed by atoms with E-state index in [-0.39, 0.29) is 52.9 Å². The molecule has 15 heteroatoms. The second kappa shape index (κ2) is 10.6. The first-order valence-corrected chi connectivity index (χ1v) is 14.5. The molecule has 0 unspecified atom stereocenters. The van der Waals surface area contributed by atoms with Crippen molar-refractivity contribution < 1.29 is 41.0 Å². The Hall–Kier alpha value is -2.94. The Bertz CT molecular complexity index is 1350. The van der Waals surface area contributed by atoms with Gasteiger partial charge in [0.05, 0.1) is 21.5 Å². The third kappa shape index (κ3) is 5.81. The summed E-state index contributed by atoms with van der Waals surface area (Å²) in [6, 6.07) is 0.493. The van der Waals surface area contributed by atoms with Crippen molar-refractivity contribution in [2.45, 2.75) is 88.8 Å². The molecule has 2 amide bonds. The van der Waals surface area contributed by atoms with E-state index in [0.717, 1.165) is 31.9 Å². The molecule has 2 aromatic rings. The minimum atomic E-state index is -4.97. The van der Waals surface area contributed by atoms with E-state index in [1.807, 2.05) is 0 Å². The van der Waals surface area contributed by atoms with Gasteiger partial charge in [-0.25, -0.2) is 9.97 Å². The molecule has 0 spiro atoms. The van der Waals surface area contributed by atoms with Crippen molar-refractivity contribution in [1.29, 1.82) is 0 Å². The lowest BCUT2D eigenvalue weighted by atomic mass is 9.68. The van der Waals surface area contributed by atoms with Crippen molar-refractivity contribution >= 4 is 29.0 Å². The zero-order valence-corrected chi connectivity index (χ0v) is 23.8. The lowest BCUT2D eigenvalue weighted by Crippen LogP contribution is -2.48. The van der Waals surface area contributed by atoms with Gasteiger partial charge in [0.25, 0.3) is 11.8 Å². The Morgan fingerprint density at radius 1 is 1.10 bits per heavy atom. The molecule has 0 aromatic carbocycles. The Kier molecular flexibility index (Phi) is 7.74. The van der Waals surface area contributed by atoms with Crippen LogP contribution in [0, 0.1) is 5.41 Å². The molecule has 230 valence electrons. The number of nitrogens with zero attached hydrogens (tertiary/aromatic N) is 3. The smallest absolute Gasteiger partial charge is 0.389 e. The maximum atomic E-state index is 14.4. The summed E-state index contributed by atoms with van der Waals surface area (Å²) in [4.78, 5) is 36.2. The fourth-order valence-corrected chi connectivity index (χ4v) is 6.87. The predicted molar refractivity (Wildman–Crippen MR) is 142 cm³/mol. The number of thiazole rings is 1. The molecule has 1 aliphatic carbocycles. The van der Waals surface area contributed by atoms with Gasteiger partial charge in [-0.1, -0.05) is 6.42 Å². The first-order chi connectivity index (χ1) is 19.5. The Morgan fingerprint density at radius 2 is 1.71 bits per heavy atom. The number of aliphatic hydroxyl groups is 1. The van der Waals surface area contributed by atoms with E-state index in [4.69, 9.17) is 0 Å². The highest BCUT2D eigenvalue weighted by Crippen LogP contribution is 2.53. The summed E-state index contributed by atoms with van der Waals surface area (Å²) in [5, 5.41) is 14.6. The summed E-state index contributed by atoms with van der Waals surface area (Å²) in [6.07, 6.45) is -5.44. The molecule has 2 aliphatic heterocycles. The molecule has 0 atom stereocenters. The fraction of sp³-hybridized carbons (Fsp3) is 0.630. The zero-order chi connectivity index (χ0) is 30.7. The molecule has 42 heavy (non-hydrogen) atoms. The van der Waals surface area contributed by atoms with Crippen molar-refractivity contribution in [3.8, 4) is 10.4 Å². The molecule has 1 saturated carbocycles. The van der Waals surface area contributed by atoms with Gasteiger partial charge >= 0.3 is 12.4 Å². The highest BCUT2D eigenvalue weighted by molar-refractivity contribution is 7.17. The molecule has 3 N–H and O–H groups in total. The first kappa shape index (κ1) is 30.5. The predicted octanol–water partition coefficient (Wildman–Crippen LogP) is 5.64. The van der Waals surface area contributed by atoms with E-state index >= 15 is 0 Å². The molecule has 2 aromatic heterocycles. The van der Waals surface area contributed by atoms with Crippen molar-refractivity contribution in [2.75, 3.05) is 18.4 Å². The molecular weight excluding hydrogens is 588 g/mol. The van der Waals surface area contributed by atoms with Gasteiger partial charge in [0.2, 0.25) is 0 Å². The summed E-state index contributed by atoms with van der Waals surface area (Å²) >= 11 is 0.590. The number of rotatable bonds is 8. The van der Waals surface area contributed by atoms with Crippen molar-refractivity contribution in [3.63, 3.8) is 0 Å². The van der Waals surface area contributed by atoms with Crippen LogP contribution in [0.4, 0.5) is 32.2 Å². The van der Waals surface area contributed by atoms with E-state index in [1.165, 1.54) is 13.8 Å². The number of pyridine rings is 1. The number of hydrogen-bond donors (Lipinski definition) is 3. The summed E-state index contributed by atoms with van der Waals surface area (Å²) in [6.45, 7) is 2.12. The fourth-order valence-electron chi connectivity index (χ4n) is 5.87. The normalized spacial score (nSPS) is 21.8. The van der Waals surface area contributed by atoms with Crippen LogP contribution in [0.1, 0.15) is 84.6 Å². The van der Waals surface area contributed by atoms with Crippen LogP contribution < -0.4 is 10.6 Å². The van der Waals surface area contributed by atoms with Gasteiger partial charge in [-0.2, -0.15) is 26.3 Å². The SMILES string of the molecule is CC(C)(O)CNC(=O)c1nc(C(=O)N2[C@H]3CC[C@@H]2CC3)c(-c2cnc(NCC3(C(F)(F)F)CCC3)cc2C(F)(F)F)s1. The number of amides is 2. The number of aromatic nitrogens is 2. The van der Waals surface area contributed by atoms with Crippen LogP contribution in [0.3, 0.4) is 0 Å². The molecule has 3 aliphatic rings. The Balaban J connectivity index is 1.52. The van der Waals surface area contributed by atoms with Crippen LogP contribution in [0.5, 0.6) is 0 Å². The monoisotopic (exact) mass is 619 g/mol. The van der Waals surface area contributed by atoms with Gasteiger partial charge in [-0.15, -0.1) is 11.3 Å². The molecule has 4 heterocycles. The zero-order valence-electron chi connectivity index (χ0n) is 23.0. The number of carbonyl (C=O) groups is 2. The van der Waals surface area contributed by atoms with Gasteiger partial charge in [-0.3, -0.25) is 9.59 Å². The number of halogens is 6. The standard InChI is InChI=1S/C27H31F6N5O3S/c1-24(2,41)12-36-21(39)22-37-19(23(40)38-14-4-5-15(38)7-6-14)20(42-22)16-11-34-18(10-17(16)26(28,29)30)35-13-25(8-3-9-25)27(31,32)33/h10-11,14-15,41H,3-9,12-13H2,1-2H3,(H,34,35)(H,36,39)/t14-,15+. The van der Waals surface area contributed by atoms with E-state index in [1.54, 1.807) is 4.90 Å². The van der Waals surface area contributed by atoms with Crippen LogP contribution in [0.15, 0.2) is 12.3 Å². The van der Waals surface area contributed by atoms with Crippen molar-refractivity contribution in [1.82, 2.24) is 20.2 Å². The van der Waals surface area contributed by atoms with Crippen LogP contribution in [0.2, 0.25) is 0 Å². The highest BCUT2D eigenvalue weighted by atomic mass is 32.1. The van der Waals surface area contributed by atoms with Gasteiger partial charge in [0.1, 0.15) is 11.5 Å². The number of nitrogens with one attached hydrogen (secondary N) is 2. The van der Waals surface area contributed by atoms with Crippen LogP contribution >= 0.6 is 11.3 Å². The van der Waals surface area contributed by atoms with Gasteiger partial charge in [-0.05, 0) is 58.4 Å². The minimum Gasteiger partial charge on any atom is -0.389 e. The maximum absolute atomic E-state index is 14.4. The van der Waals surface area contributed by atoms with Crippen LogP contribution in [0.25, 0.3) is 10.4 Å². The average molecular weight is 620 g/mol. The molecule has 2 bridgehead atoms. The molecular formula is C27H31F6N5O3S. The van der Waals surface area contributed by atoms with Crippen molar-refractivity contribution in [3.05, 3.63) is 28.5 Å². The van der Waals surface area contributed by atoms with Gasteiger partial charge in [0, 0.05) is 36.9 Å². The van der Waals surface area contributed by atoms with Crippen LogP contribution in [-0.2, 0) is 6.18 Å². The lowest BCUT2D eigenvalue weighted by molar-refractivity contribution is -0.244. The maximum Gasteiger partial charge on any atom is 0.417 e. The van der Waals surface area contributed by atoms with E-state index in [9.17, 15) is 41.0 Å². The molecule has 0 radical (unpaired) electrons. The summed E-state index contributed by atoms with van der Waals surface area (Å²) < 4.78 is 83.9. The molecule has 2 saturated heterocycles. The number of anilines is 1. The van der Waals surface area contributed by atoms with E-state index in [2.05, 4.69) is 20.6 Å². The summed E-state index contributed by atoms with van der Waals surface area (Å²) in [5.74, 6) is -1.75. The van der Waals surface area contributed by atoms with Gasteiger partial charge < -0.3 is 20.6 Å². The Morgan fingerprint density at radius 3 is 2.21 bits per heavy atom. The quantitative estimate of drug-likeness (QED) is 0.331. The highest BCUT2D eigenvalue weighted by Gasteiger charge is 2.58. The Labute approximate surface area is 241 Å². The number of fused-ring (bicyclic) bond motifs is 2. The average Bonchev–Trinajstić information content (AvgIpc) is 3.59. The van der Waals surface area contributed by atoms with E-state index in [0.29, 0.717) is 23.8 Å². The molecule has 3 fully saturated rings. The largest absolute Gasteiger partial charge is 0.417 e. The summed E-state index contributed by atoms with van der Waals surface area (Å²) in [5.41, 5.74) is -5.34. The second-order valence-corrected chi connectivity index (χ2v) is 13.0. The summed E-state index contributed by atoms with van der Waals surface area (Å²) in [7, 11) is 0. The number of alkyl halides is 6. The first-order valence-electron chi connectivity index (χ1n) is 13.7. The number of hydrogen-bond acceptors (Lipinski definition) is 7. The third-order valence-electron chi connectivity index (χ3n) is 8.37. The third-order valence-corrected chi connectivity index (χ3v) is 9.45. The van der Waals surface area contributed by atoms with Crippen molar-refractivity contribution in [2.24, 2.45) is 5.41 Å². The topological polar surface area (TPSA) is 107 Å². The van der Waals surface area contributed by atoms with Gasteiger partial charge in [0.15, 0.2) is 5.01 Å².